The highest BCUT2D eigenvalue weighted by atomic mass is 16.5. The summed E-state index contributed by atoms with van der Waals surface area (Å²) < 4.78 is 10.6. The summed E-state index contributed by atoms with van der Waals surface area (Å²) >= 11 is 0. The number of carbonyl (C=O) groups excluding carboxylic acids is 1. The van der Waals surface area contributed by atoms with Gasteiger partial charge < -0.3 is 19.3 Å². The summed E-state index contributed by atoms with van der Waals surface area (Å²) in [5.74, 6) is 2.41. The average Bonchev–Trinajstić information content (AvgIpc) is 3.22. The lowest BCUT2D eigenvalue weighted by molar-refractivity contribution is -0.133. The number of methoxy groups -OCH3 is 2. The highest BCUT2D eigenvalue weighted by molar-refractivity contribution is 5.83. The predicted molar refractivity (Wildman–Crippen MR) is 116 cm³/mol. The Kier molecular flexibility index (Phi) is 7.31. The van der Waals surface area contributed by atoms with Crippen LogP contribution < -0.4 is 9.64 Å². The summed E-state index contributed by atoms with van der Waals surface area (Å²) in [4.78, 5) is 21.8. The van der Waals surface area contributed by atoms with Crippen molar-refractivity contribution in [2.24, 2.45) is 5.92 Å². The Balaban J connectivity index is 1.88. The molecule has 0 aliphatic heterocycles. The maximum atomic E-state index is 13.1. The van der Waals surface area contributed by atoms with Crippen LogP contribution in [0.1, 0.15) is 37.7 Å². The minimum absolute atomic E-state index is 0.216. The number of fused-ring (bicyclic) bond motifs is 1. The van der Waals surface area contributed by atoms with Crippen molar-refractivity contribution in [3.8, 4) is 5.75 Å². The van der Waals surface area contributed by atoms with Gasteiger partial charge in [0, 0.05) is 57.7 Å². The zero-order valence-corrected chi connectivity index (χ0v) is 18.1. The fourth-order valence-electron chi connectivity index (χ4n) is 4.10. The van der Waals surface area contributed by atoms with Gasteiger partial charge in [0.15, 0.2) is 0 Å². The molecule has 1 aliphatic rings. The molecule has 0 radical (unpaired) electrons. The number of carbonyl (C=O) groups is 1. The molecule has 0 bridgehead atoms. The Hall–Kier alpha value is -2.34. The number of anilines is 1. The lowest BCUT2D eigenvalue weighted by Gasteiger charge is -2.26. The quantitative estimate of drug-likeness (QED) is 0.641. The van der Waals surface area contributed by atoms with E-state index in [1.54, 1.807) is 14.2 Å². The minimum atomic E-state index is 0.216. The second-order valence-electron chi connectivity index (χ2n) is 8.09. The number of aromatic nitrogens is 1. The van der Waals surface area contributed by atoms with Crippen molar-refractivity contribution in [1.82, 2.24) is 9.88 Å². The van der Waals surface area contributed by atoms with Crippen LogP contribution in [0.3, 0.4) is 0 Å². The Labute approximate surface area is 173 Å². The number of nitrogens with zero attached hydrogens (tertiary/aromatic N) is 3. The number of hydrogen-bond acceptors (Lipinski definition) is 5. The molecule has 0 atom stereocenters. The van der Waals surface area contributed by atoms with Gasteiger partial charge in [0.1, 0.15) is 11.6 Å². The van der Waals surface area contributed by atoms with Crippen molar-refractivity contribution in [2.75, 3.05) is 46.4 Å². The molecule has 2 aromatic rings. The lowest BCUT2D eigenvalue weighted by atomic mass is 10.0. The molecule has 1 aromatic heterocycles. The molecule has 6 heteroatoms. The molecule has 29 heavy (non-hydrogen) atoms. The summed E-state index contributed by atoms with van der Waals surface area (Å²) in [6.07, 6.45) is 5.48. The van der Waals surface area contributed by atoms with Crippen molar-refractivity contribution in [3.05, 3.63) is 29.8 Å². The Morgan fingerprint density at radius 3 is 2.59 bits per heavy atom. The summed E-state index contributed by atoms with van der Waals surface area (Å²) in [5, 5.41) is 1.04. The maximum absolute atomic E-state index is 13.1. The minimum Gasteiger partial charge on any atom is -0.497 e. The first kappa shape index (κ1) is 21.4. The standard InChI is InChI=1S/C23H33N3O3/c1-25(2)23-19(14-18-9-10-20(29-4)15-21(18)24-23)16-26(11-12-28-3)22(27)13-17-7-5-6-8-17/h9-10,14-15,17H,5-8,11-13,16H2,1-4H3. The van der Waals surface area contributed by atoms with Crippen molar-refractivity contribution in [2.45, 2.75) is 38.6 Å². The highest BCUT2D eigenvalue weighted by Crippen LogP contribution is 2.30. The van der Waals surface area contributed by atoms with Crippen LogP contribution in [0.2, 0.25) is 0 Å². The van der Waals surface area contributed by atoms with Crippen molar-refractivity contribution in [3.63, 3.8) is 0 Å². The molecule has 6 nitrogen and oxygen atoms in total. The van der Waals surface area contributed by atoms with E-state index < -0.39 is 0 Å². The third-order valence-corrected chi connectivity index (χ3v) is 5.72. The van der Waals surface area contributed by atoms with Gasteiger partial charge >= 0.3 is 0 Å². The third-order valence-electron chi connectivity index (χ3n) is 5.72. The molecule has 0 unspecified atom stereocenters. The summed E-state index contributed by atoms with van der Waals surface area (Å²) in [6.45, 7) is 1.67. The largest absolute Gasteiger partial charge is 0.497 e. The molecular formula is C23H33N3O3. The van der Waals surface area contributed by atoms with Crippen LogP contribution in [-0.4, -0.2) is 57.3 Å². The van der Waals surface area contributed by atoms with Gasteiger partial charge in [-0.05, 0) is 37.0 Å². The zero-order chi connectivity index (χ0) is 20.8. The van der Waals surface area contributed by atoms with E-state index in [-0.39, 0.29) is 5.91 Å². The third kappa shape index (κ3) is 5.38. The molecule has 1 amide bonds. The lowest BCUT2D eigenvalue weighted by Crippen LogP contribution is -2.35. The molecule has 1 fully saturated rings. The molecule has 1 aromatic carbocycles. The molecule has 1 heterocycles. The van der Waals surface area contributed by atoms with Crippen molar-refractivity contribution >= 4 is 22.6 Å². The summed E-state index contributed by atoms with van der Waals surface area (Å²) in [5.41, 5.74) is 1.93. The van der Waals surface area contributed by atoms with Crippen LogP contribution in [0.15, 0.2) is 24.3 Å². The smallest absolute Gasteiger partial charge is 0.223 e. The molecule has 0 saturated heterocycles. The zero-order valence-electron chi connectivity index (χ0n) is 18.1. The van der Waals surface area contributed by atoms with E-state index in [2.05, 4.69) is 6.07 Å². The Morgan fingerprint density at radius 1 is 1.17 bits per heavy atom. The van der Waals surface area contributed by atoms with Gasteiger partial charge in [-0.3, -0.25) is 4.79 Å². The first-order valence-electron chi connectivity index (χ1n) is 10.4. The van der Waals surface area contributed by atoms with Gasteiger partial charge in [-0.25, -0.2) is 4.98 Å². The van der Waals surface area contributed by atoms with Gasteiger partial charge in [-0.1, -0.05) is 12.8 Å². The summed E-state index contributed by atoms with van der Waals surface area (Å²) in [7, 11) is 7.30. The van der Waals surface area contributed by atoms with E-state index in [9.17, 15) is 4.79 Å². The number of pyridine rings is 1. The first-order valence-corrected chi connectivity index (χ1v) is 10.4. The first-order chi connectivity index (χ1) is 14.0. The Bertz CT molecular complexity index is 831. The number of rotatable bonds is 9. The normalized spacial score (nSPS) is 14.3. The number of hydrogen-bond donors (Lipinski definition) is 0. The van der Waals surface area contributed by atoms with Gasteiger partial charge in [0.05, 0.1) is 19.2 Å². The average molecular weight is 400 g/mol. The van der Waals surface area contributed by atoms with E-state index in [4.69, 9.17) is 14.5 Å². The molecule has 158 valence electrons. The van der Waals surface area contributed by atoms with Crippen LogP contribution in [0.5, 0.6) is 5.75 Å². The second kappa shape index (κ2) is 9.92. The topological polar surface area (TPSA) is 54.9 Å². The number of benzene rings is 1. The second-order valence-corrected chi connectivity index (χ2v) is 8.09. The van der Waals surface area contributed by atoms with E-state index in [0.29, 0.717) is 32.0 Å². The van der Waals surface area contributed by atoms with Crippen molar-refractivity contribution in [1.29, 1.82) is 0 Å². The molecular weight excluding hydrogens is 366 g/mol. The SMILES string of the molecule is COCCN(Cc1cc2ccc(OC)cc2nc1N(C)C)C(=O)CC1CCCC1. The van der Waals surface area contributed by atoms with Gasteiger partial charge in [0.2, 0.25) is 5.91 Å². The van der Waals surface area contributed by atoms with E-state index in [0.717, 1.165) is 28.0 Å². The van der Waals surface area contributed by atoms with Gasteiger partial charge in [-0.2, -0.15) is 0 Å². The number of amides is 1. The molecule has 0 N–H and O–H groups in total. The highest BCUT2D eigenvalue weighted by Gasteiger charge is 2.23. The molecule has 0 spiro atoms. The Morgan fingerprint density at radius 2 is 1.93 bits per heavy atom. The van der Waals surface area contributed by atoms with Crippen LogP contribution in [0.25, 0.3) is 10.9 Å². The van der Waals surface area contributed by atoms with Gasteiger partial charge in [-0.15, -0.1) is 0 Å². The van der Waals surface area contributed by atoms with Crippen LogP contribution >= 0.6 is 0 Å². The molecule has 3 rings (SSSR count). The van der Waals surface area contributed by atoms with E-state index in [1.807, 2.05) is 42.1 Å². The fourth-order valence-corrected chi connectivity index (χ4v) is 4.10. The van der Waals surface area contributed by atoms with E-state index in [1.165, 1.54) is 25.7 Å². The predicted octanol–water partition coefficient (Wildman–Crippen LogP) is 3.86. The van der Waals surface area contributed by atoms with E-state index >= 15 is 0 Å². The van der Waals surface area contributed by atoms with Crippen molar-refractivity contribution < 1.29 is 14.3 Å². The number of ether oxygens (including phenoxy) is 2. The molecule has 1 aliphatic carbocycles. The fraction of sp³-hybridized carbons (Fsp3) is 0.565. The van der Waals surface area contributed by atoms with Crippen LogP contribution in [0, 0.1) is 5.92 Å². The van der Waals surface area contributed by atoms with Crippen LogP contribution in [-0.2, 0) is 16.1 Å². The maximum Gasteiger partial charge on any atom is 0.223 e. The monoisotopic (exact) mass is 399 g/mol. The van der Waals surface area contributed by atoms with Gasteiger partial charge in [0.25, 0.3) is 0 Å². The van der Waals surface area contributed by atoms with Crippen LogP contribution in [0.4, 0.5) is 5.82 Å². The summed E-state index contributed by atoms with van der Waals surface area (Å²) in [6, 6.07) is 8.04. The molecule has 1 saturated carbocycles.